The zero-order valence-corrected chi connectivity index (χ0v) is 7.77. The largest absolute Gasteiger partial charge is 0.466 e. The third-order valence-electron chi connectivity index (χ3n) is 1.49. The molecule has 0 fully saturated rings. The van der Waals surface area contributed by atoms with Crippen molar-refractivity contribution in [2.45, 2.75) is 32.0 Å². The van der Waals surface area contributed by atoms with Gasteiger partial charge in [-0.05, 0) is 6.92 Å². The van der Waals surface area contributed by atoms with Crippen molar-refractivity contribution in [3.8, 4) is 0 Å². The molecule has 0 spiro atoms. The molecule has 0 aliphatic heterocycles. The summed E-state index contributed by atoms with van der Waals surface area (Å²) in [6.45, 7) is 5.35. The van der Waals surface area contributed by atoms with Crippen LogP contribution in [0, 0.1) is 0 Å². The highest BCUT2D eigenvalue weighted by Crippen LogP contribution is 2.04. The molecule has 0 aromatic rings. The molecule has 0 unspecified atom stereocenters. The summed E-state index contributed by atoms with van der Waals surface area (Å²) in [7, 11) is 0. The van der Waals surface area contributed by atoms with Gasteiger partial charge in [0.25, 0.3) is 0 Å². The Morgan fingerprint density at radius 2 is 2.23 bits per heavy atom. The zero-order valence-electron chi connectivity index (χ0n) is 7.77. The van der Waals surface area contributed by atoms with E-state index in [9.17, 15) is 9.90 Å². The quantitative estimate of drug-likeness (QED) is 0.463. The van der Waals surface area contributed by atoms with Crippen LogP contribution in [0.3, 0.4) is 0 Å². The van der Waals surface area contributed by atoms with Crippen molar-refractivity contribution in [1.29, 1.82) is 0 Å². The molecule has 0 amide bonds. The summed E-state index contributed by atoms with van der Waals surface area (Å²) in [6.07, 6.45) is -0.299. The first-order valence-corrected chi connectivity index (χ1v) is 4.24. The van der Waals surface area contributed by atoms with Gasteiger partial charge in [0.2, 0.25) is 0 Å². The highest BCUT2D eigenvalue weighted by Gasteiger charge is 2.14. The van der Waals surface area contributed by atoms with Crippen molar-refractivity contribution in [3.05, 3.63) is 12.7 Å². The molecule has 0 radical (unpaired) electrons. The molecule has 13 heavy (non-hydrogen) atoms. The number of carbonyl (C=O) groups excluding carboxylic acids is 1. The fourth-order valence-corrected chi connectivity index (χ4v) is 0.871. The molecule has 0 saturated carbocycles. The van der Waals surface area contributed by atoms with Gasteiger partial charge in [-0.15, -0.1) is 6.58 Å². The summed E-state index contributed by atoms with van der Waals surface area (Å²) in [5.41, 5.74) is 0. The van der Waals surface area contributed by atoms with Gasteiger partial charge in [-0.1, -0.05) is 6.08 Å². The minimum absolute atomic E-state index is 0.0846. The Labute approximate surface area is 77.8 Å². The number of ether oxygens (including phenoxy) is 1. The molecule has 0 aromatic heterocycles. The molecule has 4 nitrogen and oxygen atoms in total. The molecule has 0 aliphatic carbocycles. The van der Waals surface area contributed by atoms with Crippen molar-refractivity contribution in [3.63, 3.8) is 0 Å². The maximum Gasteiger partial charge on any atom is 0.308 e. The predicted molar refractivity (Wildman–Crippen MR) is 48.1 cm³/mol. The Bertz CT molecular complexity index is 167. The molecule has 76 valence electrons. The van der Waals surface area contributed by atoms with Gasteiger partial charge in [0.15, 0.2) is 0 Å². The highest BCUT2D eigenvalue weighted by molar-refractivity contribution is 5.69. The van der Waals surface area contributed by atoms with Crippen LogP contribution in [0.5, 0.6) is 0 Å². The number of carbonyl (C=O) groups is 1. The maximum absolute atomic E-state index is 10.8. The molecule has 4 heteroatoms. The number of aliphatic hydroxyl groups is 2. The lowest BCUT2D eigenvalue weighted by Crippen LogP contribution is -2.20. The SMILES string of the molecule is C=C[C@@H](O)C[C@H](O)CC(=O)OCC. The van der Waals surface area contributed by atoms with E-state index in [1.165, 1.54) is 6.08 Å². The van der Waals surface area contributed by atoms with Crippen LogP contribution in [-0.2, 0) is 9.53 Å². The number of rotatable bonds is 6. The second-order valence-electron chi connectivity index (χ2n) is 2.70. The molecular formula is C9H16O4. The average molecular weight is 188 g/mol. The summed E-state index contributed by atoms with van der Waals surface area (Å²) in [4.78, 5) is 10.8. The number of hydrogen-bond donors (Lipinski definition) is 2. The lowest BCUT2D eigenvalue weighted by molar-refractivity contribution is -0.145. The lowest BCUT2D eigenvalue weighted by Gasteiger charge is -2.11. The van der Waals surface area contributed by atoms with Crippen molar-refractivity contribution >= 4 is 5.97 Å². The summed E-state index contributed by atoms with van der Waals surface area (Å²) in [5.74, 6) is -0.453. The van der Waals surface area contributed by atoms with E-state index in [1.54, 1.807) is 6.92 Å². The first kappa shape index (κ1) is 12.1. The van der Waals surface area contributed by atoms with E-state index < -0.39 is 18.2 Å². The van der Waals surface area contributed by atoms with Gasteiger partial charge in [0.05, 0.1) is 25.2 Å². The minimum atomic E-state index is -0.868. The second kappa shape index (κ2) is 6.62. The fourth-order valence-electron chi connectivity index (χ4n) is 0.871. The molecule has 0 aromatic carbocycles. The number of aliphatic hydroxyl groups excluding tert-OH is 2. The second-order valence-corrected chi connectivity index (χ2v) is 2.70. The molecular weight excluding hydrogens is 172 g/mol. The van der Waals surface area contributed by atoms with E-state index in [0.717, 1.165) is 0 Å². The van der Waals surface area contributed by atoms with E-state index in [1.807, 2.05) is 0 Å². The Morgan fingerprint density at radius 1 is 1.62 bits per heavy atom. The van der Waals surface area contributed by atoms with Crippen LogP contribution in [0.1, 0.15) is 19.8 Å². The summed E-state index contributed by atoms with van der Waals surface area (Å²) in [6, 6.07) is 0. The van der Waals surface area contributed by atoms with Crippen molar-refractivity contribution in [2.24, 2.45) is 0 Å². The van der Waals surface area contributed by atoms with Crippen molar-refractivity contribution in [1.82, 2.24) is 0 Å². The monoisotopic (exact) mass is 188 g/mol. The van der Waals surface area contributed by atoms with Crippen molar-refractivity contribution < 1.29 is 19.7 Å². The molecule has 2 atom stereocenters. The van der Waals surface area contributed by atoms with Crippen LogP contribution in [-0.4, -0.2) is 35.0 Å². The van der Waals surface area contributed by atoms with Crippen LogP contribution in [0.15, 0.2) is 12.7 Å². The third kappa shape index (κ3) is 6.31. The summed E-state index contributed by atoms with van der Waals surface area (Å²) in [5, 5.41) is 18.3. The van der Waals surface area contributed by atoms with Crippen LogP contribution < -0.4 is 0 Å². The minimum Gasteiger partial charge on any atom is -0.466 e. The number of hydrogen-bond acceptors (Lipinski definition) is 4. The molecule has 0 saturated heterocycles. The summed E-state index contributed by atoms with van der Waals surface area (Å²) >= 11 is 0. The van der Waals surface area contributed by atoms with Gasteiger partial charge in [-0.2, -0.15) is 0 Å². The average Bonchev–Trinajstić information content (AvgIpc) is 2.04. The van der Waals surface area contributed by atoms with Gasteiger partial charge in [-0.25, -0.2) is 0 Å². The molecule has 0 aliphatic rings. The van der Waals surface area contributed by atoms with Crippen LogP contribution in [0.4, 0.5) is 0 Å². The van der Waals surface area contributed by atoms with Crippen molar-refractivity contribution in [2.75, 3.05) is 6.61 Å². The zero-order chi connectivity index (χ0) is 10.3. The standard InChI is InChI=1S/C9H16O4/c1-3-7(10)5-8(11)6-9(12)13-4-2/h3,7-8,10-11H,1,4-6H2,2H3/t7-,8+/m1/s1. The van der Waals surface area contributed by atoms with Gasteiger partial charge in [0, 0.05) is 6.42 Å². The van der Waals surface area contributed by atoms with E-state index in [0.29, 0.717) is 6.61 Å². The van der Waals surface area contributed by atoms with Crippen LogP contribution >= 0.6 is 0 Å². The lowest BCUT2D eigenvalue weighted by atomic mass is 10.1. The normalized spacial score (nSPS) is 14.7. The van der Waals surface area contributed by atoms with E-state index in [4.69, 9.17) is 5.11 Å². The number of esters is 1. The van der Waals surface area contributed by atoms with Gasteiger partial charge < -0.3 is 14.9 Å². The predicted octanol–water partition coefficient (Wildman–Crippen LogP) is 0.238. The third-order valence-corrected chi connectivity index (χ3v) is 1.49. The van der Waals surface area contributed by atoms with E-state index in [2.05, 4.69) is 11.3 Å². The smallest absolute Gasteiger partial charge is 0.308 e. The summed E-state index contributed by atoms with van der Waals surface area (Å²) < 4.78 is 4.62. The van der Waals surface area contributed by atoms with Gasteiger partial charge in [-0.3, -0.25) is 4.79 Å². The van der Waals surface area contributed by atoms with Crippen LogP contribution in [0.25, 0.3) is 0 Å². The topological polar surface area (TPSA) is 66.8 Å². The molecule has 2 N–H and O–H groups in total. The Hall–Kier alpha value is -0.870. The van der Waals surface area contributed by atoms with E-state index >= 15 is 0 Å². The Kier molecular flexibility index (Phi) is 6.18. The first-order valence-electron chi connectivity index (χ1n) is 4.24. The highest BCUT2D eigenvalue weighted by atomic mass is 16.5. The van der Waals surface area contributed by atoms with Gasteiger partial charge in [0.1, 0.15) is 0 Å². The molecule has 0 rings (SSSR count). The van der Waals surface area contributed by atoms with Gasteiger partial charge >= 0.3 is 5.97 Å². The van der Waals surface area contributed by atoms with Crippen LogP contribution in [0.2, 0.25) is 0 Å². The van der Waals surface area contributed by atoms with E-state index in [-0.39, 0.29) is 12.8 Å². The fraction of sp³-hybridized carbons (Fsp3) is 0.667. The molecule has 0 heterocycles. The Morgan fingerprint density at radius 3 is 2.69 bits per heavy atom. The maximum atomic E-state index is 10.8. The Balaban J connectivity index is 3.66. The first-order chi connectivity index (χ1) is 6.10. The molecule has 0 bridgehead atoms.